The van der Waals surface area contributed by atoms with E-state index < -0.39 is 11.7 Å². The van der Waals surface area contributed by atoms with Crippen LogP contribution in [0.1, 0.15) is 18.4 Å². The second-order valence-corrected chi connectivity index (χ2v) is 5.35. The molecule has 1 aromatic heterocycles. The van der Waals surface area contributed by atoms with Gasteiger partial charge in [0.05, 0.1) is 11.7 Å². The van der Waals surface area contributed by atoms with Crippen molar-refractivity contribution in [1.29, 1.82) is 0 Å². The maximum Gasteiger partial charge on any atom is 0.419 e. The quantitative estimate of drug-likeness (QED) is 0.852. The fourth-order valence-electron chi connectivity index (χ4n) is 3.28. The van der Waals surface area contributed by atoms with Crippen molar-refractivity contribution in [3.8, 4) is 0 Å². The maximum absolute atomic E-state index is 13.0. The van der Waals surface area contributed by atoms with E-state index in [1.807, 2.05) is 0 Å². The van der Waals surface area contributed by atoms with Crippen LogP contribution in [0.3, 0.4) is 0 Å². The highest BCUT2D eigenvalue weighted by atomic mass is 19.4. The summed E-state index contributed by atoms with van der Waals surface area (Å²) in [6.07, 6.45) is -1.74. The molecule has 1 N–H and O–H groups in total. The minimum atomic E-state index is -4.39. The van der Waals surface area contributed by atoms with Gasteiger partial charge in [0, 0.05) is 25.2 Å². The van der Waals surface area contributed by atoms with Crippen LogP contribution in [0.4, 0.5) is 19.0 Å². The summed E-state index contributed by atoms with van der Waals surface area (Å²) in [6, 6.07) is 2.37. The fourth-order valence-corrected chi connectivity index (χ4v) is 3.28. The van der Waals surface area contributed by atoms with Crippen molar-refractivity contribution in [2.75, 3.05) is 18.0 Å². The number of pyridine rings is 1. The second kappa shape index (κ2) is 4.37. The molecule has 3 unspecified atom stereocenters. The van der Waals surface area contributed by atoms with Gasteiger partial charge in [0.25, 0.3) is 0 Å². The molecule has 1 saturated heterocycles. The van der Waals surface area contributed by atoms with Crippen LogP contribution >= 0.6 is 0 Å². The lowest BCUT2D eigenvalue weighted by Gasteiger charge is -2.22. The van der Waals surface area contributed by atoms with E-state index in [9.17, 15) is 18.3 Å². The van der Waals surface area contributed by atoms with Crippen molar-refractivity contribution in [3.05, 3.63) is 23.9 Å². The Bertz CT molecular complexity index is 477. The summed E-state index contributed by atoms with van der Waals surface area (Å²) < 4.78 is 38.9. The van der Waals surface area contributed by atoms with E-state index in [1.165, 1.54) is 12.3 Å². The van der Waals surface area contributed by atoms with Gasteiger partial charge in [-0.3, -0.25) is 0 Å². The normalized spacial score (nSPS) is 30.7. The maximum atomic E-state index is 13.0. The Balaban J connectivity index is 1.88. The number of hydrogen-bond donors (Lipinski definition) is 1. The molecule has 1 aromatic rings. The zero-order valence-electron chi connectivity index (χ0n) is 10.3. The molecule has 0 amide bonds. The first-order valence-electron chi connectivity index (χ1n) is 6.42. The van der Waals surface area contributed by atoms with Crippen molar-refractivity contribution in [2.24, 2.45) is 11.8 Å². The molecule has 3 rings (SSSR count). The molecule has 0 bridgehead atoms. The van der Waals surface area contributed by atoms with E-state index in [2.05, 4.69) is 4.98 Å². The number of halogens is 3. The molecule has 19 heavy (non-hydrogen) atoms. The molecule has 0 radical (unpaired) electrons. The van der Waals surface area contributed by atoms with Crippen molar-refractivity contribution in [2.45, 2.75) is 25.1 Å². The molecule has 104 valence electrons. The van der Waals surface area contributed by atoms with Gasteiger partial charge in [-0.05, 0) is 30.9 Å². The minimum Gasteiger partial charge on any atom is -0.393 e. The first-order chi connectivity index (χ1) is 8.97. The predicted molar refractivity (Wildman–Crippen MR) is 63.7 cm³/mol. The van der Waals surface area contributed by atoms with E-state index in [-0.39, 0.29) is 23.8 Å². The molecule has 2 fully saturated rings. The lowest BCUT2D eigenvalue weighted by Crippen LogP contribution is -2.27. The summed E-state index contributed by atoms with van der Waals surface area (Å²) in [5.41, 5.74) is -0.690. The van der Waals surface area contributed by atoms with Crippen LogP contribution in [0.5, 0.6) is 0 Å². The topological polar surface area (TPSA) is 36.4 Å². The van der Waals surface area contributed by atoms with Gasteiger partial charge < -0.3 is 10.0 Å². The zero-order valence-corrected chi connectivity index (χ0v) is 10.3. The number of aliphatic hydroxyl groups excluding tert-OH is 1. The molecule has 2 heterocycles. The number of hydrogen-bond acceptors (Lipinski definition) is 3. The zero-order chi connectivity index (χ0) is 13.6. The van der Waals surface area contributed by atoms with Gasteiger partial charge in [0.1, 0.15) is 5.82 Å². The molecule has 1 saturated carbocycles. The molecule has 6 heteroatoms. The van der Waals surface area contributed by atoms with Crippen LogP contribution < -0.4 is 4.90 Å². The monoisotopic (exact) mass is 272 g/mol. The lowest BCUT2D eigenvalue weighted by atomic mass is 10.00. The summed E-state index contributed by atoms with van der Waals surface area (Å²) in [5, 5.41) is 9.82. The molecule has 2 aliphatic rings. The van der Waals surface area contributed by atoms with Gasteiger partial charge >= 0.3 is 6.18 Å². The average molecular weight is 272 g/mol. The minimum absolute atomic E-state index is 0.00315. The molecule has 3 nitrogen and oxygen atoms in total. The Labute approximate surface area is 109 Å². The van der Waals surface area contributed by atoms with Gasteiger partial charge in [-0.2, -0.15) is 13.2 Å². The SMILES string of the molecule is OC1CCC2CN(c3ncccc3C(F)(F)F)CC12. The number of aliphatic hydroxyl groups is 1. The van der Waals surface area contributed by atoms with Crippen molar-refractivity contribution in [1.82, 2.24) is 4.98 Å². The van der Waals surface area contributed by atoms with Gasteiger partial charge in [0.15, 0.2) is 0 Å². The van der Waals surface area contributed by atoms with Crippen molar-refractivity contribution < 1.29 is 18.3 Å². The third-order valence-corrected chi connectivity index (χ3v) is 4.21. The first kappa shape index (κ1) is 12.7. The van der Waals surface area contributed by atoms with Crippen LogP contribution in [-0.4, -0.2) is 29.3 Å². The summed E-state index contributed by atoms with van der Waals surface area (Å²) in [5.74, 6) is 0.373. The van der Waals surface area contributed by atoms with E-state index in [0.29, 0.717) is 13.1 Å². The van der Waals surface area contributed by atoms with Crippen LogP contribution in [0, 0.1) is 11.8 Å². The van der Waals surface area contributed by atoms with E-state index in [1.54, 1.807) is 4.90 Å². The van der Waals surface area contributed by atoms with E-state index >= 15 is 0 Å². The Morgan fingerprint density at radius 2 is 2.05 bits per heavy atom. The predicted octanol–water partition coefficient (Wildman–Crippen LogP) is 2.31. The third kappa shape index (κ3) is 2.18. The Morgan fingerprint density at radius 3 is 2.74 bits per heavy atom. The third-order valence-electron chi connectivity index (χ3n) is 4.21. The van der Waals surface area contributed by atoms with Crippen LogP contribution in [0.2, 0.25) is 0 Å². The Hall–Kier alpha value is -1.30. The summed E-state index contributed by atoms with van der Waals surface area (Å²) >= 11 is 0. The smallest absolute Gasteiger partial charge is 0.393 e. The largest absolute Gasteiger partial charge is 0.419 e. The number of alkyl halides is 3. The van der Waals surface area contributed by atoms with Gasteiger partial charge in [-0.1, -0.05) is 0 Å². The highest BCUT2D eigenvalue weighted by Crippen LogP contribution is 2.42. The standard InChI is InChI=1S/C13H15F3N2O/c14-13(15,16)10-2-1-5-17-12(10)18-6-8-3-4-11(19)9(8)7-18/h1-2,5,8-9,11,19H,3-4,6-7H2. The molecule has 3 atom stereocenters. The summed E-state index contributed by atoms with van der Waals surface area (Å²) in [6.45, 7) is 1.02. The second-order valence-electron chi connectivity index (χ2n) is 5.35. The fraction of sp³-hybridized carbons (Fsp3) is 0.615. The molecule has 1 aliphatic heterocycles. The summed E-state index contributed by atoms with van der Waals surface area (Å²) in [4.78, 5) is 5.57. The first-order valence-corrected chi connectivity index (χ1v) is 6.42. The van der Waals surface area contributed by atoms with Crippen molar-refractivity contribution >= 4 is 5.82 Å². The number of fused-ring (bicyclic) bond motifs is 1. The Kier molecular flexibility index (Phi) is 2.92. The lowest BCUT2D eigenvalue weighted by molar-refractivity contribution is -0.137. The highest BCUT2D eigenvalue weighted by Gasteiger charge is 2.44. The molecule has 1 aliphatic carbocycles. The molecular formula is C13H15F3N2O. The van der Waals surface area contributed by atoms with Crippen molar-refractivity contribution in [3.63, 3.8) is 0 Å². The Morgan fingerprint density at radius 1 is 1.26 bits per heavy atom. The van der Waals surface area contributed by atoms with Gasteiger partial charge in [-0.15, -0.1) is 0 Å². The van der Waals surface area contributed by atoms with E-state index in [4.69, 9.17) is 0 Å². The average Bonchev–Trinajstić information content (AvgIpc) is 2.91. The number of anilines is 1. The summed E-state index contributed by atoms with van der Waals surface area (Å²) in [7, 11) is 0. The molecular weight excluding hydrogens is 257 g/mol. The number of nitrogens with zero attached hydrogens (tertiary/aromatic N) is 2. The molecule has 0 spiro atoms. The van der Waals surface area contributed by atoms with Crippen LogP contribution in [0.15, 0.2) is 18.3 Å². The van der Waals surface area contributed by atoms with Crippen LogP contribution in [0.25, 0.3) is 0 Å². The van der Waals surface area contributed by atoms with Gasteiger partial charge in [0.2, 0.25) is 0 Å². The van der Waals surface area contributed by atoms with E-state index in [0.717, 1.165) is 18.9 Å². The van der Waals surface area contributed by atoms with Gasteiger partial charge in [-0.25, -0.2) is 4.98 Å². The van der Waals surface area contributed by atoms with Crippen LogP contribution in [-0.2, 0) is 6.18 Å². The highest BCUT2D eigenvalue weighted by molar-refractivity contribution is 5.49. The number of rotatable bonds is 1. The number of aromatic nitrogens is 1. The molecule has 0 aromatic carbocycles.